The number of hydrogen-bond acceptors (Lipinski definition) is 3. The number of fused-ring (bicyclic) bond motifs is 1. The summed E-state index contributed by atoms with van der Waals surface area (Å²) in [7, 11) is 0. The summed E-state index contributed by atoms with van der Waals surface area (Å²) in [5.41, 5.74) is 8.01. The third kappa shape index (κ3) is 2.31. The minimum atomic E-state index is -0.558. The topological polar surface area (TPSA) is 38.9 Å². The molecule has 0 aliphatic carbocycles. The minimum absolute atomic E-state index is 0.558. The van der Waals surface area contributed by atoms with Gasteiger partial charge in [0.05, 0.1) is 15.8 Å². The van der Waals surface area contributed by atoms with Crippen LogP contribution in [0, 0.1) is 0 Å². The smallest absolute Gasteiger partial charge is 0.118 e. The van der Waals surface area contributed by atoms with Gasteiger partial charge in [-0.1, -0.05) is 46.3 Å². The molecule has 0 saturated heterocycles. The van der Waals surface area contributed by atoms with Crippen LogP contribution >= 0.6 is 27.3 Å². The standard InChI is InChI=1S/C15H13BrN2S/c1-15(17,10-5-3-2-4-6-10)14-18-12-8-7-11(16)9-13(12)19-14/h2-9H,17H2,1H3. The number of hydrogen-bond donors (Lipinski definition) is 1. The van der Waals surface area contributed by atoms with Crippen molar-refractivity contribution in [2.45, 2.75) is 12.5 Å². The molecule has 0 aliphatic heterocycles. The summed E-state index contributed by atoms with van der Waals surface area (Å²) in [5, 5.41) is 0.937. The molecule has 0 fully saturated rings. The normalized spacial score (nSPS) is 14.5. The van der Waals surface area contributed by atoms with E-state index in [-0.39, 0.29) is 0 Å². The van der Waals surface area contributed by atoms with Gasteiger partial charge in [-0.05, 0) is 30.7 Å². The first-order valence-corrected chi connectivity index (χ1v) is 7.59. The minimum Gasteiger partial charge on any atom is -0.316 e. The molecular weight excluding hydrogens is 320 g/mol. The summed E-state index contributed by atoms with van der Waals surface area (Å²) < 4.78 is 2.21. The summed E-state index contributed by atoms with van der Waals surface area (Å²) >= 11 is 5.13. The molecule has 1 heterocycles. The molecule has 2 N–H and O–H groups in total. The van der Waals surface area contributed by atoms with Gasteiger partial charge in [0.15, 0.2) is 0 Å². The van der Waals surface area contributed by atoms with Crippen LogP contribution in [0.3, 0.4) is 0 Å². The number of benzene rings is 2. The van der Waals surface area contributed by atoms with Crippen LogP contribution in [-0.4, -0.2) is 4.98 Å². The van der Waals surface area contributed by atoms with E-state index in [1.165, 1.54) is 0 Å². The summed E-state index contributed by atoms with van der Waals surface area (Å²) in [5.74, 6) is 0. The van der Waals surface area contributed by atoms with Crippen LogP contribution in [0.4, 0.5) is 0 Å². The Kier molecular flexibility index (Phi) is 3.17. The molecule has 3 rings (SSSR count). The summed E-state index contributed by atoms with van der Waals surface area (Å²) in [4.78, 5) is 4.67. The third-order valence-electron chi connectivity index (χ3n) is 3.17. The summed E-state index contributed by atoms with van der Waals surface area (Å²) in [6, 6.07) is 16.2. The van der Waals surface area contributed by atoms with Crippen molar-refractivity contribution in [3.8, 4) is 0 Å². The maximum absolute atomic E-state index is 6.50. The van der Waals surface area contributed by atoms with Crippen LogP contribution in [0.25, 0.3) is 10.2 Å². The molecule has 1 atom stereocenters. The average Bonchev–Trinajstić information content (AvgIpc) is 2.83. The first kappa shape index (κ1) is 12.8. The van der Waals surface area contributed by atoms with Gasteiger partial charge in [-0.2, -0.15) is 0 Å². The van der Waals surface area contributed by atoms with Gasteiger partial charge in [-0.15, -0.1) is 11.3 Å². The van der Waals surface area contributed by atoms with Crippen LogP contribution in [0.2, 0.25) is 0 Å². The molecule has 0 amide bonds. The highest BCUT2D eigenvalue weighted by Gasteiger charge is 2.27. The molecule has 96 valence electrons. The molecule has 0 radical (unpaired) electrons. The second-order valence-corrected chi connectivity index (χ2v) is 6.65. The Morgan fingerprint density at radius 2 is 1.89 bits per heavy atom. The molecule has 4 heteroatoms. The Hall–Kier alpha value is -1.23. The molecule has 1 unspecified atom stereocenters. The highest BCUT2D eigenvalue weighted by molar-refractivity contribution is 9.10. The summed E-state index contributed by atoms with van der Waals surface area (Å²) in [6.07, 6.45) is 0. The Bertz CT molecular complexity index is 719. The van der Waals surface area contributed by atoms with Gasteiger partial charge in [0.2, 0.25) is 0 Å². The average molecular weight is 333 g/mol. The quantitative estimate of drug-likeness (QED) is 0.760. The lowest BCUT2D eigenvalue weighted by Gasteiger charge is -2.22. The van der Waals surface area contributed by atoms with E-state index in [0.717, 1.165) is 25.3 Å². The largest absolute Gasteiger partial charge is 0.316 e. The fourth-order valence-corrected chi connectivity index (χ4v) is 3.63. The fraction of sp³-hybridized carbons (Fsp3) is 0.133. The molecule has 0 aliphatic rings. The lowest BCUT2D eigenvalue weighted by molar-refractivity contribution is 0.600. The highest BCUT2D eigenvalue weighted by atomic mass is 79.9. The van der Waals surface area contributed by atoms with Gasteiger partial charge in [-0.25, -0.2) is 4.98 Å². The van der Waals surface area contributed by atoms with Crippen molar-refractivity contribution in [3.05, 3.63) is 63.6 Å². The zero-order valence-corrected chi connectivity index (χ0v) is 12.8. The van der Waals surface area contributed by atoms with Crippen molar-refractivity contribution >= 4 is 37.5 Å². The van der Waals surface area contributed by atoms with E-state index in [1.807, 2.05) is 49.4 Å². The second-order valence-electron chi connectivity index (χ2n) is 4.70. The maximum Gasteiger partial charge on any atom is 0.118 e. The van der Waals surface area contributed by atoms with Crippen LogP contribution in [0.15, 0.2) is 53.0 Å². The van der Waals surface area contributed by atoms with Crippen LogP contribution in [0.5, 0.6) is 0 Å². The van der Waals surface area contributed by atoms with Crippen LogP contribution in [-0.2, 0) is 5.54 Å². The Balaban J connectivity index is 2.13. The number of rotatable bonds is 2. The molecular formula is C15H13BrN2S. The number of halogens is 1. The number of thiazole rings is 1. The van der Waals surface area contributed by atoms with Crippen molar-refractivity contribution in [1.82, 2.24) is 4.98 Å². The van der Waals surface area contributed by atoms with E-state index in [4.69, 9.17) is 5.73 Å². The molecule has 0 bridgehead atoms. The van der Waals surface area contributed by atoms with E-state index in [2.05, 4.69) is 27.0 Å². The Morgan fingerprint density at radius 1 is 1.16 bits per heavy atom. The van der Waals surface area contributed by atoms with Gasteiger partial charge in [0, 0.05) is 4.47 Å². The Morgan fingerprint density at radius 3 is 2.63 bits per heavy atom. The monoisotopic (exact) mass is 332 g/mol. The maximum atomic E-state index is 6.50. The van der Waals surface area contributed by atoms with E-state index in [0.29, 0.717) is 0 Å². The van der Waals surface area contributed by atoms with Gasteiger partial charge in [-0.3, -0.25) is 0 Å². The molecule has 19 heavy (non-hydrogen) atoms. The number of nitrogens with zero attached hydrogens (tertiary/aromatic N) is 1. The van der Waals surface area contributed by atoms with Crippen LogP contribution in [0.1, 0.15) is 17.5 Å². The van der Waals surface area contributed by atoms with E-state index in [1.54, 1.807) is 11.3 Å². The van der Waals surface area contributed by atoms with Gasteiger partial charge in [0.1, 0.15) is 5.01 Å². The number of aromatic nitrogens is 1. The zero-order chi connectivity index (χ0) is 13.5. The van der Waals surface area contributed by atoms with Crippen molar-refractivity contribution in [3.63, 3.8) is 0 Å². The predicted octanol–water partition coefficient (Wildman–Crippen LogP) is 4.28. The SMILES string of the molecule is CC(N)(c1ccccc1)c1nc2ccc(Br)cc2s1. The first-order valence-electron chi connectivity index (χ1n) is 5.98. The zero-order valence-electron chi connectivity index (χ0n) is 10.4. The first-order chi connectivity index (χ1) is 9.07. The highest BCUT2D eigenvalue weighted by Crippen LogP contribution is 2.34. The molecule has 1 aromatic heterocycles. The van der Waals surface area contributed by atoms with E-state index >= 15 is 0 Å². The lowest BCUT2D eigenvalue weighted by Crippen LogP contribution is -2.34. The molecule has 2 aromatic carbocycles. The third-order valence-corrected chi connectivity index (χ3v) is 4.92. The van der Waals surface area contributed by atoms with Crippen molar-refractivity contribution < 1.29 is 0 Å². The van der Waals surface area contributed by atoms with Gasteiger partial charge in [0.25, 0.3) is 0 Å². The molecule has 0 spiro atoms. The van der Waals surface area contributed by atoms with Crippen molar-refractivity contribution in [2.24, 2.45) is 5.73 Å². The van der Waals surface area contributed by atoms with Gasteiger partial charge >= 0.3 is 0 Å². The van der Waals surface area contributed by atoms with Crippen molar-refractivity contribution in [2.75, 3.05) is 0 Å². The number of nitrogens with two attached hydrogens (primary N) is 1. The fourth-order valence-electron chi connectivity index (χ4n) is 2.03. The molecule has 3 aromatic rings. The van der Waals surface area contributed by atoms with Crippen LogP contribution < -0.4 is 5.73 Å². The van der Waals surface area contributed by atoms with E-state index in [9.17, 15) is 0 Å². The molecule has 0 saturated carbocycles. The lowest BCUT2D eigenvalue weighted by atomic mass is 9.94. The predicted molar refractivity (Wildman–Crippen MR) is 84.4 cm³/mol. The summed E-state index contributed by atoms with van der Waals surface area (Å²) in [6.45, 7) is 2.01. The van der Waals surface area contributed by atoms with E-state index < -0.39 is 5.54 Å². The van der Waals surface area contributed by atoms with Crippen molar-refractivity contribution in [1.29, 1.82) is 0 Å². The van der Waals surface area contributed by atoms with Gasteiger partial charge < -0.3 is 5.73 Å². The second kappa shape index (κ2) is 4.71. The molecule has 2 nitrogen and oxygen atoms in total. The Labute approximate surface area is 124 Å².